The van der Waals surface area contributed by atoms with E-state index in [0.29, 0.717) is 18.8 Å². The predicted octanol–water partition coefficient (Wildman–Crippen LogP) is 12.1. The van der Waals surface area contributed by atoms with Crippen LogP contribution in [-0.4, -0.2) is 137 Å². The summed E-state index contributed by atoms with van der Waals surface area (Å²) in [6.45, 7) is 5.23. The molecule has 0 aromatic heterocycles. The predicted molar refractivity (Wildman–Crippen MR) is 367 cm³/mol. The second-order valence-corrected chi connectivity index (χ2v) is 24.5. The van der Waals surface area contributed by atoms with E-state index in [1.165, 1.54) is 6.08 Å². The molecule has 100 heavy (non-hydrogen) atoms. The third-order valence-corrected chi connectivity index (χ3v) is 17.4. The highest BCUT2D eigenvalue weighted by atomic mass is 16.8. The van der Waals surface area contributed by atoms with Gasteiger partial charge in [-0.15, -0.1) is 6.58 Å². The van der Waals surface area contributed by atoms with Crippen molar-refractivity contribution in [3.8, 4) is 5.75 Å². The van der Waals surface area contributed by atoms with Gasteiger partial charge in [-0.25, -0.2) is 9.59 Å². The number of para-hydroxylation sites is 1. The average Bonchev–Trinajstić information content (AvgIpc) is 0.790. The van der Waals surface area contributed by atoms with Crippen molar-refractivity contribution in [3.05, 3.63) is 294 Å². The second kappa shape index (κ2) is 37.7. The van der Waals surface area contributed by atoms with Gasteiger partial charge in [-0.3, -0.25) is 10.6 Å². The third kappa shape index (κ3) is 20.5. The smallest absolute Gasteiger partial charge is 0.409 e. The minimum absolute atomic E-state index is 0.00558. The summed E-state index contributed by atoms with van der Waals surface area (Å²) in [5.74, 6) is 0.464. The Morgan fingerprint density at radius 3 is 1.28 bits per heavy atom. The van der Waals surface area contributed by atoms with Crippen molar-refractivity contribution >= 4 is 12.2 Å². The van der Waals surface area contributed by atoms with Gasteiger partial charge in [0.1, 0.15) is 61.4 Å². The molecule has 0 spiro atoms. The summed E-state index contributed by atoms with van der Waals surface area (Å²) in [5, 5.41) is 6.01. The highest BCUT2D eigenvalue weighted by Crippen LogP contribution is 2.36. The zero-order valence-corrected chi connectivity index (χ0v) is 55.6. The second-order valence-electron chi connectivity index (χ2n) is 24.5. The lowest BCUT2D eigenvalue weighted by Crippen LogP contribution is -2.68. The number of amides is 2. The van der Waals surface area contributed by atoms with Gasteiger partial charge >= 0.3 is 12.2 Å². The maximum absolute atomic E-state index is 15.4. The van der Waals surface area contributed by atoms with E-state index in [-0.39, 0.29) is 72.9 Å². The summed E-state index contributed by atoms with van der Waals surface area (Å²) in [4.78, 5) is 30.7. The fraction of sp³-hybridized carbons (Fsp3) is 0.350. The number of alkyl carbamates (subject to hydrolysis) is 2. The van der Waals surface area contributed by atoms with Crippen LogP contribution in [0.5, 0.6) is 5.75 Å². The summed E-state index contributed by atoms with van der Waals surface area (Å²) in [6.07, 6.45) is -16.4. The molecule has 15 atom stereocenters. The fourth-order valence-corrected chi connectivity index (χ4v) is 12.5. The maximum atomic E-state index is 15.4. The number of ether oxygens (including phenoxy) is 16. The van der Waals surface area contributed by atoms with Crippen molar-refractivity contribution in [1.29, 1.82) is 0 Å². The Bertz CT molecular complexity index is 3660. The molecule has 4 fully saturated rings. The molecule has 8 aromatic carbocycles. The van der Waals surface area contributed by atoms with Crippen molar-refractivity contribution in [3.63, 3.8) is 0 Å². The molecule has 20 heteroatoms. The molecule has 4 saturated heterocycles. The van der Waals surface area contributed by atoms with Crippen LogP contribution in [0.2, 0.25) is 0 Å². The van der Waals surface area contributed by atoms with Gasteiger partial charge in [0.15, 0.2) is 37.1 Å². The zero-order chi connectivity index (χ0) is 68.3. The quantitative estimate of drug-likeness (QED) is 0.0290. The molecule has 2 N–H and O–H groups in total. The van der Waals surface area contributed by atoms with Gasteiger partial charge in [-0.2, -0.15) is 0 Å². The van der Waals surface area contributed by atoms with Gasteiger partial charge in [0.25, 0.3) is 0 Å². The van der Waals surface area contributed by atoms with Gasteiger partial charge < -0.3 is 75.8 Å². The molecule has 4 aliphatic heterocycles. The monoisotopic (exact) mass is 1360 g/mol. The van der Waals surface area contributed by atoms with E-state index >= 15 is 9.59 Å². The highest BCUT2D eigenvalue weighted by Gasteiger charge is 2.56. The van der Waals surface area contributed by atoms with Crippen LogP contribution in [0.4, 0.5) is 9.59 Å². The largest absolute Gasteiger partial charge is 0.483 e. The number of hydrogen-bond acceptors (Lipinski definition) is 18. The van der Waals surface area contributed by atoms with E-state index in [9.17, 15) is 0 Å². The fourth-order valence-electron chi connectivity index (χ4n) is 12.5. The molecular formula is C80H86N2O18. The summed E-state index contributed by atoms with van der Waals surface area (Å²) in [5.41, 5.74) is 6.39. The van der Waals surface area contributed by atoms with Crippen molar-refractivity contribution in [1.82, 2.24) is 10.6 Å². The summed E-state index contributed by atoms with van der Waals surface area (Å²) in [6, 6.07) is 77.5. The first kappa shape index (κ1) is 71.2. The van der Waals surface area contributed by atoms with E-state index < -0.39 is 104 Å². The Hall–Kier alpha value is -8.68. The number of carbonyl (C=O) groups excluding carboxylic acids is 2. The van der Waals surface area contributed by atoms with Crippen LogP contribution in [0.15, 0.2) is 255 Å². The van der Waals surface area contributed by atoms with Gasteiger partial charge in [0.2, 0.25) is 0 Å². The van der Waals surface area contributed by atoms with E-state index in [1.807, 2.05) is 231 Å². The van der Waals surface area contributed by atoms with Crippen molar-refractivity contribution in [2.75, 3.05) is 33.2 Å². The number of nitrogens with one attached hydrogen (secondary N) is 2. The molecule has 12 rings (SSSR count). The Morgan fingerprint density at radius 2 is 0.800 bits per heavy atom. The molecule has 2 amide bonds. The Labute approximate surface area is 583 Å². The summed E-state index contributed by atoms with van der Waals surface area (Å²) >= 11 is 0. The van der Waals surface area contributed by atoms with E-state index in [4.69, 9.17) is 75.8 Å². The average molecular weight is 1360 g/mol. The first-order valence-corrected chi connectivity index (χ1v) is 33.9. The molecule has 8 aromatic rings. The molecule has 4 aliphatic rings. The van der Waals surface area contributed by atoms with E-state index in [0.717, 1.165) is 38.9 Å². The summed E-state index contributed by atoms with van der Waals surface area (Å²) in [7, 11) is 0. The van der Waals surface area contributed by atoms with Gasteiger partial charge in [0.05, 0.1) is 72.2 Å². The first-order valence-electron chi connectivity index (χ1n) is 33.9. The Morgan fingerprint density at radius 1 is 0.410 bits per heavy atom. The third-order valence-electron chi connectivity index (χ3n) is 17.4. The SMILES string of the molecule is C=CCO[C@@H]1O[C@@H]2COCO[C@H]2[C@H](OC(=O)N[C@@H]2O[C@H](CCOCc3ccccc3)[C@@H](OCc3ccccc3)[C@H](OCc3ccccc3)[C@H]2Oc2ccccc2)[C@H]1OC(=O)N[C@@H]1O[C@H](COCc2ccccc2)[C@@H](OCc2ccccc2)[C@H](OCc2ccccc2)[C@H]1OCc1ccccc1. The summed E-state index contributed by atoms with van der Waals surface area (Å²) < 4.78 is 106. The van der Waals surface area contributed by atoms with Gasteiger partial charge in [-0.1, -0.05) is 237 Å². The van der Waals surface area contributed by atoms with Crippen molar-refractivity contribution in [2.45, 2.75) is 145 Å². The molecule has 4 heterocycles. The topological polar surface area (TPSA) is 206 Å². The molecule has 0 radical (unpaired) electrons. The lowest BCUT2D eigenvalue weighted by atomic mass is 9.95. The van der Waals surface area contributed by atoms with Crippen LogP contribution in [0.3, 0.4) is 0 Å². The van der Waals surface area contributed by atoms with Crippen LogP contribution >= 0.6 is 0 Å². The highest BCUT2D eigenvalue weighted by molar-refractivity contribution is 5.69. The van der Waals surface area contributed by atoms with Crippen LogP contribution in [0.25, 0.3) is 0 Å². The molecule has 0 saturated carbocycles. The number of hydrogen-bond donors (Lipinski definition) is 2. The van der Waals surface area contributed by atoms with Crippen LogP contribution in [0.1, 0.15) is 45.4 Å². The lowest BCUT2D eigenvalue weighted by molar-refractivity contribution is -0.336. The molecule has 0 aliphatic carbocycles. The Balaban J connectivity index is 0.852. The van der Waals surface area contributed by atoms with Crippen LogP contribution < -0.4 is 15.4 Å². The zero-order valence-electron chi connectivity index (χ0n) is 55.6. The van der Waals surface area contributed by atoms with E-state index in [1.54, 1.807) is 12.1 Å². The standard InChI is InChI=1S/C80H86N2O18/c1-2-44-88-78-75(100-80(84)81-76-73(93-52-62-39-23-9-24-40-62)70(91-50-60-35-19-7-20-36-60)68(90-49-59-33-17-6-18-34-59)65(97-76)53-86-47-57-29-13-4-14-30-57)72(69-66(98-78)54-87-55-94-69)99-79(83)82-77-74(95-63-41-25-10-26-42-63)71(92-51-61-37-21-8-22-38-61)67(89-48-58-31-15-5-16-32-58)64(96-77)43-45-85-46-56-27-11-3-12-28-56/h2-42,64-78H,1,43-55H2,(H,81,84)(H,82,83)/t64-,65-,66-,67-,68-,69-,70+,71+,72+,73-,74-,75-,76-,77-,78-/m1/s1. The minimum Gasteiger partial charge on any atom is -0.483 e. The normalized spacial score (nSPS) is 25.7. The molecule has 524 valence electrons. The Kier molecular flexibility index (Phi) is 26.8. The van der Waals surface area contributed by atoms with Crippen LogP contribution in [0, 0.1) is 0 Å². The lowest BCUT2D eigenvalue weighted by Gasteiger charge is -2.48. The van der Waals surface area contributed by atoms with Crippen molar-refractivity contribution in [2.24, 2.45) is 0 Å². The van der Waals surface area contributed by atoms with Gasteiger partial charge in [0, 0.05) is 6.61 Å². The number of benzene rings is 8. The van der Waals surface area contributed by atoms with E-state index in [2.05, 4.69) is 17.2 Å². The molecule has 0 bridgehead atoms. The molecule has 0 unspecified atom stereocenters. The molecular weight excluding hydrogens is 1280 g/mol. The van der Waals surface area contributed by atoms with Crippen molar-refractivity contribution < 1.29 is 85.4 Å². The van der Waals surface area contributed by atoms with Gasteiger partial charge in [-0.05, 0) is 57.5 Å². The maximum Gasteiger partial charge on any atom is 0.409 e. The molecule has 20 nitrogen and oxygen atoms in total. The number of fused-ring (bicyclic) bond motifs is 1. The first-order chi connectivity index (χ1) is 49.4. The number of carbonyl (C=O) groups is 2. The van der Waals surface area contributed by atoms with Crippen LogP contribution in [-0.2, 0) is 117 Å². The number of rotatable bonds is 33. The minimum atomic E-state index is -1.54.